The predicted octanol–water partition coefficient (Wildman–Crippen LogP) is 2.26. The Morgan fingerprint density at radius 2 is 1.79 bits per heavy atom. The maximum absolute atomic E-state index is 11.6. The van der Waals surface area contributed by atoms with Crippen molar-refractivity contribution in [2.45, 2.75) is 33.3 Å². The highest BCUT2D eigenvalue weighted by Crippen LogP contribution is 2.12. The van der Waals surface area contributed by atoms with Crippen LogP contribution < -0.4 is 0 Å². The molecular formula is C12H16O2. The minimum atomic E-state index is -0.865. The Bertz CT molecular complexity index is 322. The second-order valence-corrected chi connectivity index (χ2v) is 3.66. The number of Topliss-reactive ketones (excluding diaryl/α,β-unsaturated/α-hetero) is 1. The van der Waals surface area contributed by atoms with E-state index in [2.05, 4.69) is 0 Å². The Balaban J connectivity index is 3.01. The van der Waals surface area contributed by atoms with Gasteiger partial charge in [-0.05, 0) is 32.4 Å². The Labute approximate surface area is 84.6 Å². The number of ketones is 1. The molecule has 2 heteroatoms. The van der Waals surface area contributed by atoms with E-state index in [4.69, 9.17) is 0 Å². The smallest absolute Gasteiger partial charge is 0.191 e. The van der Waals surface area contributed by atoms with Crippen LogP contribution in [0.4, 0.5) is 0 Å². The fraction of sp³-hybridized carbons (Fsp3) is 0.417. The first kappa shape index (κ1) is 10.9. The molecule has 1 atom stereocenters. The van der Waals surface area contributed by atoms with E-state index >= 15 is 0 Å². The van der Waals surface area contributed by atoms with Gasteiger partial charge in [0.1, 0.15) is 6.10 Å². The normalized spacial score (nSPS) is 12.6. The molecule has 0 amide bonds. The number of hydrogen-bond acceptors (Lipinski definition) is 2. The monoisotopic (exact) mass is 192 g/mol. The quantitative estimate of drug-likeness (QED) is 0.746. The van der Waals surface area contributed by atoms with Gasteiger partial charge in [-0.1, -0.05) is 24.1 Å². The van der Waals surface area contributed by atoms with Gasteiger partial charge in [-0.25, -0.2) is 0 Å². The van der Waals surface area contributed by atoms with Gasteiger partial charge in [-0.2, -0.15) is 0 Å². The van der Waals surface area contributed by atoms with Gasteiger partial charge in [0.2, 0.25) is 0 Å². The molecule has 1 rings (SSSR count). The third-order valence-electron chi connectivity index (χ3n) is 2.20. The van der Waals surface area contributed by atoms with Crippen molar-refractivity contribution in [2.75, 3.05) is 0 Å². The molecule has 0 bridgehead atoms. The number of carbonyl (C=O) groups excluding carboxylic acids is 1. The summed E-state index contributed by atoms with van der Waals surface area (Å²) in [5.41, 5.74) is 2.71. The summed E-state index contributed by atoms with van der Waals surface area (Å²) in [7, 11) is 0. The first-order valence-electron chi connectivity index (χ1n) is 4.85. The molecule has 0 radical (unpaired) electrons. The molecule has 76 valence electrons. The Morgan fingerprint density at radius 3 is 2.21 bits per heavy atom. The van der Waals surface area contributed by atoms with Crippen LogP contribution in [0.25, 0.3) is 0 Å². The fourth-order valence-electron chi connectivity index (χ4n) is 1.49. The van der Waals surface area contributed by atoms with Crippen LogP contribution in [0.3, 0.4) is 0 Å². The molecule has 2 nitrogen and oxygen atoms in total. The summed E-state index contributed by atoms with van der Waals surface area (Å²) in [6, 6.07) is 5.64. The number of aliphatic hydroxyl groups is 1. The van der Waals surface area contributed by atoms with Crippen molar-refractivity contribution < 1.29 is 9.90 Å². The number of aliphatic hydroxyl groups excluding tert-OH is 1. The van der Waals surface area contributed by atoms with E-state index in [1.807, 2.05) is 32.0 Å². The molecule has 0 aliphatic heterocycles. The van der Waals surface area contributed by atoms with Gasteiger partial charge in [0, 0.05) is 5.56 Å². The average molecular weight is 192 g/mol. The van der Waals surface area contributed by atoms with Crippen molar-refractivity contribution in [3.8, 4) is 0 Å². The fourth-order valence-corrected chi connectivity index (χ4v) is 1.49. The van der Waals surface area contributed by atoms with Gasteiger partial charge in [0.25, 0.3) is 0 Å². The molecule has 0 saturated heterocycles. The molecule has 1 aromatic carbocycles. The lowest BCUT2D eigenvalue weighted by Gasteiger charge is -2.08. The minimum absolute atomic E-state index is 0.181. The topological polar surface area (TPSA) is 37.3 Å². The first-order chi connectivity index (χ1) is 6.54. The molecule has 1 unspecified atom stereocenters. The number of benzene rings is 1. The Kier molecular flexibility index (Phi) is 3.42. The van der Waals surface area contributed by atoms with Crippen LogP contribution in [-0.4, -0.2) is 17.0 Å². The second kappa shape index (κ2) is 4.38. The van der Waals surface area contributed by atoms with E-state index < -0.39 is 6.10 Å². The summed E-state index contributed by atoms with van der Waals surface area (Å²) < 4.78 is 0. The molecular weight excluding hydrogens is 176 g/mol. The Hall–Kier alpha value is -1.15. The maximum Gasteiger partial charge on any atom is 0.191 e. The van der Waals surface area contributed by atoms with Crippen LogP contribution in [0.15, 0.2) is 18.2 Å². The van der Waals surface area contributed by atoms with Crippen molar-refractivity contribution in [3.05, 3.63) is 34.9 Å². The third kappa shape index (κ3) is 2.42. The van der Waals surface area contributed by atoms with Crippen LogP contribution in [-0.2, 0) is 0 Å². The van der Waals surface area contributed by atoms with Gasteiger partial charge in [-0.15, -0.1) is 0 Å². The van der Waals surface area contributed by atoms with E-state index in [9.17, 15) is 9.90 Å². The number of rotatable bonds is 3. The van der Waals surface area contributed by atoms with Crippen LogP contribution in [0.5, 0.6) is 0 Å². The van der Waals surface area contributed by atoms with Crippen molar-refractivity contribution in [2.24, 2.45) is 0 Å². The highest BCUT2D eigenvalue weighted by Gasteiger charge is 2.15. The standard InChI is InChI=1S/C12H16O2/c1-4-11(13)12(14)10-6-8(2)5-9(3)7-10/h5-7,11,13H,4H2,1-3H3. The highest BCUT2D eigenvalue weighted by molar-refractivity contribution is 5.99. The van der Waals surface area contributed by atoms with Crippen molar-refractivity contribution >= 4 is 5.78 Å². The maximum atomic E-state index is 11.6. The first-order valence-corrected chi connectivity index (χ1v) is 4.85. The molecule has 0 saturated carbocycles. The van der Waals surface area contributed by atoms with Gasteiger partial charge in [-0.3, -0.25) is 4.79 Å². The molecule has 14 heavy (non-hydrogen) atoms. The highest BCUT2D eigenvalue weighted by atomic mass is 16.3. The van der Waals surface area contributed by atoms with Gasteiger partial charge < -0.3 is 5.11 Å². The van der Waals surface area contributed by atoms with Crippen molar-refractivity contribution in [1.82, 2.24) is 0 Å². The molecule has 0 fully saturated rings. The van der Waals surface area contributed by atoms with E-state index in [1.54, 1.807) is 6.92 Å². The predicted molar refractivity (Wildman–Crippen MR) is 56.5 cm³/mol. The van der Waals surface area contributed by atoms with Crippen LogP contribution >= 0.6 is 0 Å². The summed E-state index contributed by atoms with van der Waals surface area (Å²) in [6.07, 6.45) is -0.401. The lowest BCUT2D eigenvalue weighted by atomic mass is 10.0. The largest absolute Gasteiger partial charge is 0.385 e. The SMILES string of the molecule is CCC(O)C(=O)c1cc(C)cc(C)c1. The molecule has 0 heterocycles. The van der Waals surface area contributed by atoms with Crippen molar-refractivity contribution in [1.29, 1.82) is 0 Å². The molecule has 0 aliphatic carbocycles. The van der Waals surface area contributed by atoms with E-state index in [-0.39, 0.29) is 5.78 Å². The van der Waals surface area contributed by atoms with Crippen molar-refractivity contribution in [3.63, 3.8) is 0 Å². The second-order valence-electron chi connectivity index (χ2n) is 3.66. The number of hydrogen-bond donors (Lipinski definition) is 1. The van der Waals surface area contributed by atoms with Gasteiger partial charge >= 0.3 is 0 Å². The summed E-state index contributed by atoms with van der Waals surface area (Å²) in [4.78, 5) is 11.6. The zero-order chi connectivity index (χ0) is 10.7. The lowest BCUT2D eigenvalue weighted by Crippen LogP contribution is -2.19. The van der Waals surface area contributed by atoms with Crippen LogP contribution in [0, 0.1) is 13.8 Å². The third-order valence-corrected chi connectivity index (χ3v) is 2.20. The summed E-state index contributed by atoms with van der Waals surface area (Å²) in [5, 5.41) is 9.41. The van der Waals surface area contributed by atoms with Crippen LogP contribution in [0.2, 0.25) is 0 Å². The molecule has 0 aliphatic rings. The molecule has 1 aromatic rings. The molecule has 1 N–H and O–H groups in total. The van der Waals surface area contributed by atoms with Gasteiger partial charge in [0.15, 0.2) is 5.78 Å². The van der Waals surface area contributed by atoms with E-state index in [1.165, 1.54) is 0 Å². The van der Waals surface area contributed by atoms with E-state index in [0.29, 0.717) is 12.0 Å². The van der Waals surface area contributed by atoms with E-state index in [0.717, 1.165) is 11.1 Å². The lowest BCUT2D eigenvalue weighted by molar-refractivity contribution is 0.0740. The Morgan fingerprint density at radius 1 is 1.29 bits per heavy atom. The summed E-state index contributed by atoms with van der Waals surface area (Å²) in [5.74, 6) is -0.181. The van der Waals surface area contributed by atoms with Crippen LogP contribution in [0.1, 0.15) is 34.8 Å². The zero-order valence-corrected chi connectivity index (χ0v) is 8.87. The molecule has 0 spiro atoms. The number of aryl methyl sites for hydroxylation is 2. The average Bonchev–Trinajstić information content (AvgIpc) is 2.14. The summed E-state index contributed by atoms with van der Waals surface area (Å²) >= 11 is 0. The number of carbonyl (C=O) groups is 1. The minimum Gasteiger partial charge on any atom is -0.385 e. The summed E-state index contributed by atoms with van der Waals surface area (Å²) in [6.45, 7) is 5.69. The zero-order valence-electron chi connectivity index (χ0n) is 8.87. The van der Waals surface area contributed by atoms with Gasteiger partial charge in [0.05, 0.1) is 0 Å². The molecule has 0 aromatic heterocycles.